The number of aromatic carboxylic acids is 1. The molecule has 106 valence electrons. The molecule has 1 unspecified atom stereocenters. The second kappa shape index (κ2) is 5.60. The van der Waals surface area contributed by atoms with Gasteiger partial charge in [-0.15, -0.1) is 0 Å². The first kappa shape index (κ1) is 13.9. The molecular formula is C13H15N3O4. The van der Waals surface area contributed by atoms with Crippen molar-refractivity contribution >= 4 is 23.6 Å². The van der Waals surface area contributed by atoms with Gasteiger partial charge in [0.15, 0.2) is 0 Å². The van der Waals surface area contributed by atoms with Crippen LogP contribution in [0.1, 0.15) is 22.3 Å². The number of carbonyl (C=O) groups excluding carboxylic acids is 2. The van der Waals surface area contributed by atoms with E-state index < -0.39 is 12.0 Å². The van der Waals surface area contributed by atoms with Crippen molar-refractivity contribution in [2.24, 2.45) is 0 Å². The molecule has 20 heavy (non-hydrogen) atoms. The van der Waals surface area contributed by atoms with Crippen LogP contribution in [0, 0.1) is 6.92 Å². The number of carboxylic acids is 1. The lowest BCUT2D eigenvalue weighted by atomic mass is 10.1. The van der Waals surface area contributed by atoms with E-state index in [9.17, 15) is 14.4 Å². The van der Waals surface area contributed by atoms with Gasteiger partial charge in [-0.3, -0.25) is 4.79 Å². The molecule has 1 fully saturated rings. The fourth-order valence-corrected chi connectivity index (χ4v) is 1.99. The van der Waals surface area contributed by atoms with Crippen molar-refractivity contribution in [3.63, 3.8) is 0 Å². The van der Waals surface area contributed by atoms with E-state index in [1.54, 1.807) is 19.1 Å². The van der Waals surface area contributed by atoms with Gasteiger partial charge >= 0.3 is 12.0 Å². The molecule has 4 N–H and O–H groups in total. The van der Waals surface area contributed by atoms with Crippen molar-refractivity contribution in [3.8, 4) is 0 Å². The van der Waals surface area contributed by atoms with Crippen LogP contribution in [-0.2, 0) is 4.79 Å². The standard InChI is InChI=1S/C13H15N3O4/c1-7-2-3-8(4-10(7)12(18)19)15-13(20)16-9-5-11(17)14-6-9/h2-4,9H,5-6H2,1H3,(H,14,17)(H,18,19)(H2,15,16,20). The van der Waals surface area contributed by atoms with E-state index in [1.165, 1.54) is 6.07 Å². The molecule has 1 aliphatic rings. The van der Waals surface area contributed by atoms with Crippen molar-refractivity contribution < 1.29 is 19.5 Å². The quantitative estimate of drug-likeness (QED) is 0.652. The molecule has 1 saturated heterocycles. The van der Waals surface area contributed by atoms with Gasteiger partial charge in [0.1, 0.15) is 0 Å². The van der Waals surface area contributed by atoms with E-state index >= 15 is 0 Å². The monoisotopic (exact) mass is 277 g/mol. The molecule has 0 saturated carbocycles. The summed E-state index contributed by atoms with van der Waals surface area (Å²) in [4.78, 5) is 33.7. The Kier molecular flexibility index (Phi) is 3.88. The Morgan fingerprint density at radius 3 is 2.75 bits per heavy atom. The third kappa shape index (κ3) is 3.25. The summed E-state index contributed by atoms with van der Waals surface area (Å²) < 4.78 is 0. The van der Waals surface area contributed by atoms with Crippen LogP contribution in [0.5, 0.6) is 0 Å². The van der Waals surface area contributed by atoms with Gasteiger partial charge in [0.05, 0.1) is 11.6 Å². The third-order valence-electron chi connectivity index (χ3n) is 3.04. The van der Waals surface area contributed by atoms with Crippen LogP contribution in [0.3, 0.4) is 0 Å². The molecule has 1 atom stereocenters. The topological polar surface area (TPSA) is 108 Å². The summed E-state index contributed by atoms with van der Waals surface area (Å²) in [6, 6.07) is 3.94. The van der Waals surface area contributed by atoms with E-state index in [2.05, 4.69) is 16.0 Å². The van der Waals surface area contributed by atoms with E-state index in [4.69, 9.17) is 5.11 Å². The van der Waals surface area contributed by atoms with E-state index in [1.807, 2.05) is 0 Å². The second-order valence-electron chi connectivity index (χ2n) is 4.64. The maximum atomic E-state index is 11.7. The average Bonchev–Trinajstić information content (AvgIpc) is 2.76. The number of carboxylic acid groups (broad SMARTS) is 1. The number of rotatable bonds is 3. The van der Waals surface area contributed by atoms with Crippen LogP contribution in [0.4, 0.5) is 10.5 Å². The van der Waals surface area contributed by atoms with Gasteiger partial charge in [0, 0.05) is 18.7 Å². The van der Waals surface area contributed by atoms with Gasteiger partial charge in [-0.2, -0.15) is 0 Å². The van der Waals surface area contributed by atoms with Crippen LogP contribution in [-0.4, -0.2) is 35.6 Å². The lowest BCUT2D eigenvalue weighted by molar-refractivity contribution is -0.119. The van der Waals surface area contributed by atoms with Crippen LogP contribution in [0.15, 0.2) is 18.2 Å². The first-order valence-electron chi connectivity index (χ1n) is 6.14. The first-order valence-corrected chi connectivity index (χ1v) is 6.14. The molecule has 0 aliphatic carbocycles. The number of urea groups is 1. The summed E-state index contributed by atoms with van der Waals surface area (Å²) in [6.07, 6.45) is 0.252. The second-order valence-corrected chi connectivity index (χ2v) is 4.64. The van der Waals surface area contributed by atoms with Gasteiger partial charge in [-0.05, 0) is 24.6 Å². The predicted octanol–water partition coefficient (Wildman–Crippen LogP) is 0.703. The van der Waals surface area contributed by atoms with Crippen LogP contribution >= 0.6 is 0 Å². The smallest absolute Gasteiger partial charge is 0.336 e. The summed E-state index contributed by atoms with van der Waals surface area (Å²) >= 11 is 0. The van der Waals surface area contributed by atoms with Gasteiger partial charge < -0.3 is 21.1 Å². The first-order chi connectivity index (χ1) is 9.45. The van der Waals surface area contributed by atoms with Gasteiger partial charge in [-0.25, -0.2) is 9.59 Å². The number of amides is 3. The van der Waals surface area contributed by atoms with E-state index in [-0.39, 0.29) is 23.9 Å². The number of hydrogen-bond acceptors (Lipinski definition) is 3. The highest BCUT2D eigenvalue weighted by molar-refractivity contribution is 5.94. The minimum Gasteiger partial charge on any atom is -0.478 e. The number of carbonyl (C=O) groups is 3. The minimum absolute atomic E-state index is 0.0983. The zero-order valence-electron chi connectivity index (χ0n) is 10.9. The molecule has 7 nitrogen and oxygen atoms in total. The maximum Gasteiger partial charge on any atom is 0.336 e. The fourth-order valence-electron chi connectivity index (χ4n) is 1.99. The lowest BCUT2D eigenvalue weighted by Crippen LogP contribution is -2.39. The minimum atomic E-state index is -1.04. The molecule has 1 aliphatic heterocycles. The Labute approximate surface area is 115 Å². The summed E-state index contributed by atoms with van der Waals surface area (Å²) in [7, 11) is 0. The zero-order valence-corrected chi connectivity index (χ0v) is 10.9. The van der Waals surface area contributed by atoms with Crippen molar-refractivity contribution in [2.75, 3.05) is 11.9 Å². The Bertz CT molecular complexity index is 571. The summed E-state index contributed by atoms with van der Waals surface area (Å²) in [6.45, 7) is 2.09. The molecule has 7 heteroatoms. The number of anilines is 1. The van der Waals surface area contributed by atoms with Crippen LogP contribution in [0.25, 0.3) is 0 Å². The predicted molar refractivity (Wildman–Crippen MR) is 71.7 cm³/mol. The number of benzene rings is 1. The summed E-state index contributed by atoms with van der Waals surface area (Å²) in [5.74, 6) is -1.14. The molecule has 2 rings (SSSR count). The number of nitrogens with one attached hydrogen (secondary N) is 3. The Hall–Kier alpha value is -2.57. The number of hydrogen-bond donors (Lipinski definition) is 4. The SMILES string of the molecule is Cc1ccc(NC(=O)NC2CNC(=O)C2)cc1C(=O)O. The molecule has 0 spiro atoms. The lowest BCUT2D eigenvalue weighted by Gasteiger charge is -2.12. The summed E-state index contributed by atoms with van der Waals surface area (Å²) in [5.41, 5.74) is 1.15. The molecule has 0 aromatic heterocycles. The van der Waals surface area contributed by atoms with E-state index in [0.717, 1.165) is 0 Å². The normalized spacial score (nSPS) is 17.4. The molecule has 3 amide bonds. The molecule has 0 bridgehead atoms. The largest absolute Gasteiger partial charge is 0.478 e. The average molecular weight is 277 g/mol. The Morgan fingerprint density at radius 1 is 1.40 bits per heavy atom. The Balaban J connectivity index is 1.99. The van der Waals surface area contributed by atoms with Crippen molar-refractivity contribution in [1.29, 1.82) is 0 Å². The van der Waals surface area contributed by atoms with Crippen molar-refractivity contribution in [2.45, 2.75) is 19.4 Å². The Morgan fingerprint density at radius 2 is 2.15 bits per heavy atom. The van der Waals surface area contributed by atoms with Crippen molar-refractivity contribution in [3.05, 3.63) is 29.3 Å². The highest BCUT2D eigenvalue weighted by atomic mass is 16.4. The van der Waals surface area contributed by atoms with Gasteiger partial charge in [-0.1, -0.05) is 6.07 Å². The maximum absolute atomic E-state index is 11.7. The van der Waals surface area contributed by atoms with Crippen LogP contribution in [0.2, 0.25) is 0 Å². The zero-order chi connectivity index (χ0) is 14.7. The molecule has 0 radical (unpaired) electrons. The highest BCUT2D eigenvalue weighted by Gasteiger charge is 2.22. The van der Waals surface area contributed by atoms with Gasteiger partial charge in [0.2, 0.25) is 5.91 Å². The molecule has 1 aromatic carbocycles. The number of aryl methyl sites for hydroxylation is 1. The van der Waals surface area contributed by atoms with Crippen molar-refractivity contribution in [1.82, 2.24) is 10.6 Å². The third-order valence-corrected chi connectivity index (χ3v) is 3.04. The van der Waals surface area contributed by atoms with Crippen LogP contribution < -0.4 is 16.0 Å². The van der Waals surface area contributed by atoms with Gasteiger partial charge in [0.25, 0.3) is 0 Å². The highest BCUT2D eigenvalue weighted by Crippen LogP contribution is 2.15. The summed E-state index contributed by atoms with van der Waals surface area (Å²) in [5, 5.41) is 16.8. The molecule has 1 aromatic rings. The van der Waals surface area contributed by atoms with E-state index in [0.29, 0.717) is 17.8 Å². The molecular weight excluding hydrogens is 262 g/mol. The molecule has 1 heterocycles. The fraction of sp³-hybridized carbons (Fsp3) is 0.308.